The first kappa shape index (κ1) is 16.4. The normalized spacial score (nSPS) is 19.0. The average Bonchev–Trinajstić information content (AvgIpc) is 2.97. The molecule has 1 aromatic carbocycles. The van der Waals surface area contributed by atoms with Gasteiger partial charge in [0.25, 0.3) is 0 Å². The molecule has 0 amide bonds. The third-order valence-corrected chi connectivity index (χ3v) is 5.43. The minimum absolute atomic E-state index is 0.166. The molecule has 0 bridgehead atoms. The molecule has 0 radical (unpaired) electrons. The predicted octanol–water partition coefficient (Wildman–Crippen LogP) is 0.852. The van der Waals surface area contributed by atoms with Crippen LogP contribution in [-0.2, 0) is 25.3 Å². The van der Waals surface area contributed by atoms with Crippen molar-refractivity contribution in [2.45, 2.75) is 24.6 Å². The number of sulfonamides is 1. The molecule has 0 aromatic heterocycles. The van der Waals surface area contributed by atoms with E-state index in [4.69, 9.17) is 5.11 Å². The predicted molar refractivity (Wildman–Crippen MR) is 77.8 cm³/mol. The Morgan fingerprint density at radius 3 is 2.68 bits per heavy atom. The van der Waals surface area contributed by atoms with E-state index in [0.29, 0.717) is 18.4 Å². The topological polar surface area (TPSA) is 101 Å². The summed E-state index contributed by atoms with van der Waals surface area (Å²) in [6.45, 7) is 0.180. The number of ether oxygens (including phenoxy) is 1. The highest BCUT2D eigenvalue weighted by Crippen LogP contribution is 2.24. The number of carboxylic acid groups (broad SMARTS) is 1. The van der Waals surface area contributed by atoms with E-state index in [0.717, 1.165) is 4.31 Å². The monoisotopic (exact) mass is 327 g/mol. The van der Waals surface area contributed by atoms with Crippen molar-refractivity contribution in [3.05, 3.63) is 35.4 Å². The minimum atomic E-state index is -3.83. The van der Waals surface area contributed by atoms with Crippen molar-refractivity contribution in [3.8, 4) is 0 Å². The zero-order valence-electron chi connectivity index (χ0n) is 12.1. The van der Waals surface area contributed by atoms with E-state index in [9.17, 15) is 18.0 Å². The Morgan fingerprint density at radius 2 is 2.05 bits per heavy atom. The number of carbonyl (C=O) groups excluding carboxylic acids is 1. The Bertz CT molecular complexity index is 684. The molecular weight excluding hydrogens is 310 g/mol. The number of carbonyl (C=O) groups is 2. The number of nitrogens with zero attached hydrogens (tertiary/aromatic N) is 1. The van der Waals surface area contributed by atoms with Crippen molar-refractivity contribution < 1.29 is 27.9 Å². The number of methoxy groups -OCH3 is 1. The van der Waals surface area contributed by atoms with Crippen molar-refractivity contribution in [2.75, 3.05) is 13.7 Å². The Balaban J connectivity index is 2.30. The van der Waals surface area contributed by atoms with Crippen LogP contribution >= 0.6 is 0 Å². The van der Waals surface area contributed by atoms with Crippen LogP contribution in [0.5, 0.6) is 0 Å². The summed E-state index contributed by atoms with van der Waals surface area (Å²) in [5.74, 6) is -2.20. The number of aliphatic carboxylic acids is 1. The first-order valence-corrected chi connectivity index (χ1v) is 8.36. The van der Waals surface area contributed by atoms with Gasteiger partial charge >= 0.3 is 11.9 Å². The molecule has 1 saturated heterocycles. The van der Waals surface area contributed by atoms with E-state index >= 15 is 0 Å². The molecule has 120 valence electrons. The van der Waals surface area contributed by atoms with Crippen LogP contribution in [0, 0.1) is 0 Å². The van der Waals surface area contributed by atoms with Crippen LogP contribution in [0.3, 0.4) is 0 Å². The number of hydrogen-bond acceptors (Lipinski definition) is 5. The van der Waals surface area contributed by atoms with Crippen molar-refractivity contribution in [1.29, 1.82) is 0 Å². The van der Waals surface area contributed by atoms with Gasteiger partial charge in [-0.3, -0.25) is 4.79 Å². The van der Waals surface area contributed by atoms with Gasteiger partial charge in [-0.25, -0.2) is 13.2 Å². The molecule has 1 aromatic rings. The van der Waals surface area contributed by atoms with Crippen LogP contribution in [0.4, 0.5) is 0 Å². The van der Waals surface area contributed by atoms with Gasteiger partial charge in [0.15, 0.2) is 0 Å². The van der Waals surface area contributed by atoms with Crippen molar-refractivity contribution in [3.63, 3.8) is 0 Å². The van der Waals surface area contributed by atoms with Crippen LogP contribution in [0.25, 0.3) is 0 Å². The van der Waals surface area contributed by atoms with Crippen molar-refractivity contribution in [2.24, 2.45) is 0 Å². The second-order valence-corrected chi connectivity index (χ2v) is 6.93. The van der Waals surface area contributed by atoms with Crippen LogP contribution in [0.15, 0.2) is 24.3 Å². The number of carboxylic acids is 1. The van der Waals surface area contributed by atoms with E-state index in [1.807, 2.05) is 0 Å². The fourth-order valence-corrected chi connectivity index (χ4v) is 4.36. The Morgan fingerprint density at radius 1 is 1.36 bits per heavy atom. The summed E-state index contributed by atoms with van der Waals surface area (Å²) in [6.07, 6.45) is 0.808. The van der Waals surface area contributed by atoms with Crippen LogP contribution in [-0.4, -0.2) is 49.5 Å². The molecule has 0 saturated carbocycles. The fourth-order valence-electron chi connectivity index (χ4n) is 2.55. The van der Waals surface area contributed by atoms with E-state index in [1.54, 1.807) is 12.1 Å². The van der Waals surface area contributed by atoms with Gasteiger partial charge in [-0.05, 0) is 24.5 Å². The average molecular weight is 327 g/mol. The third kappa shape index (κ3) is 3.28. The highest BCUT2D eigenvalue weighted by atomic mass is 32.2. The number of hydrogen-bond donors (Lipinski definition) is 1. The van der Waals surface area contributed by atoms with Gasteiger partial charge in [0, 0.05) is 6.54 Å². The molecule has 1 unspecified atom stereocenters. The summed E-state index contributed by atoms with van der Waals surface area (Å²) in [5.41, 5.74) is 0.463. The number of rotatable bonds is 5. The van der Waals surface area contributed by atoms with Gasteiger partial charge in [-0.15, -0.1) is 0 Å². The van der Waals surface area contributed by atoms with Gasteiger partial charge in [-0.1, -0.05) is 18.2 Å². The molecule has 22 heavy (non-hydrogen) atoms. The lowest BCUT2D eigenvalue weighted by Gasteiger charge is -2.21. The highest BCUT2D eigenvalue weighted by molar-refractivity contribution is 7.88. The molecule has 7 nitrogen and oxygen atoms in total. The van der Waals surface area contributed by atoms with Gasteiger partial charge in [0.2, 0.25) is 10.0 Å². The van der Waals surface area contributed by atoms with Gasteiger partial charge in [0.1, 0.15) is 6.04 Å². The van der Waals surface area contributed by atoms with Gasteiger partial charge < -0.3 is 9.84 Å². The first-order chi connectivity index (χ1) is 10.4. The molecule has 2 rings (SSSR count). The molecule has 0 spiro atoms. The Hall–Kier alpha value is -1.93. The Labute approximate surface area is 128 Å². The number of esters is 1. The summed E-state index contributed by atoms with van der Waals surface area (Å²) in [4.78, 5) is 22.8. The fraction of sp³-hybridized carbons (Fsp3) is 0.429. The van der Waals surface area contributed by atoms with Crippen LogP contribution in [0.1, 0.15) is 28.8 Å². The second kappa shape index (κ2) is 6.45. The van der Waals surface area contributed by atoms with E-state index in [2.05, 4.69) is 4.74 Å². The van der Waals surface area contributed by atoms with Crippen molar-refractivity contribution in [1.82, 2.24) is 4.31 Å². The smallest absolute Gasteiger partial charge is 0.338 e. The molecule has 1 heterocycles. The number of benzene rings is 1. The molecule has 1 N–H and O–H groups in total. The molecular formula is C14H17NO6S. The summed E-state index contributed by atoms with van der Waals surface area (Å²) in [5, 5.41) is 9.11. The maximum atomic E-state index is 12.5. The SMILES string of the molecule is COC(=O)c1ccccc1CS(=O)(=O)N1CCCC1C(=O)O. The maximum absolute atomic E-state index is 12.5. The molecule has 1 aliphatic heterocycles. The molecule has 1 aliphatic rings. The second-order valence-electron chi connectivity index (χ2n) is 5.01. The van der Waals surface area contributed by atoms with Crippen LogP contribution in [0.2, 0.25) is 0 Å². The quantitative estimate of drug-likeness (QED) is 0.805. The zero-order valence-corrected chi connectivity index (χ0v) is 12.9. The lowest BCUT2D eigenvalue weighted by molar-refractivity contribution is -0.140. The van der Waals surface area contributed by atoms with E-state index < -0.39 is 33.8 Å². The maximum Gasteiger partial charge on any atom is 0.338 e. The highest BCUT2D eigenvalue weighted by Gasteiger charge is 2.38. The van der Waals surface area contributed by atoms with Gasteiger partial charge in [0.05, 0.1) is 18.4 Å². The lowest BCUT2D eigenvalue weighted by atomic mass is 10.1. The zero-order chi connectivity index (χ0) is 16.3. The third-order valence-electron chi connectivity index (χ3n) is 3.61. The molecule has 0 aliphatic carbocycles. The van der Waals surface area contributed by atoms with Crippen molar-refractivity contribution >= 4 is 22.0 Å². The largest absolute Gasteiger partial charge is 0.480 e. The summed E-state index contributed by atoms with van der Waals surface area (Å²) in [7, 11) is -2.61. The lowest BCUT2D eigenvalue weighted by Crippen LogP contribution is -2.41. The minimum Gasteiger partial charge on any atom is -0.480 e. The van der Waals surface area contributed by atoms with Crippen LogP contribution < -0.4 is 0 Å². The summed E-state index contributed by atoms with van der Waals surface area (Å²) < 4.78 is 30.6. The summed E-state index contributed by atoms with van der Waals surface area (Å²) in [6, 6.07) is 5.20. The first-order valence-electron chi connectivity index (χ1n) is 6.75. The van der Waals surface area contributed by atoms with E-state index in [-0.39, 0.29) is 12.1 Å². The van der Waals surface area contributed by atoms with E-state index in [1.165, 1.54) is 19.2 Å². The molecule has 1 fully saturated rings. The summed E-state index contributed by atoms with van der Waals surface area (Å²) >= 11 is 0. The standard InChI is InChI=1S/C14H17NO6S/c1-21-14(18)11-6-3-2-5-10(11)9-22(19,20)15-8-4-7-12(15)13(16)17/h2-3,5-6,12H,4,7-9H2,1H3,(H,16,17). The van der Waals surface area contributed by atoms with Gasteiger partial charge in [-0.2, -0.15) is 4.31 Å². The molecule has 1 atom stereocenters. The molecule has 8 heteroatoms. The Kier molecular flexibility index (Phi) is 4.82.